The van der Waals surface area contributed by atoms with Gasteiger partial charge in [0.05, 0.1) is 18.2 Å². The Labute approximate surface area is 101 Å². The van der Waals surface area contributed by atoms with E-state index in [-0.39, 0.29) is 0 Å². The summed E-state index contributed by atoms with van der Waals surface area (Å²) in [6, 6.07) is 3.31. The monoisotopic (exact) mass is 243 g/mol. The Bertz CT molecular complexity index is 366. The molecule has 0 saturated carbocycles. The number of ether oxygens (including phenoxy) is 1. The number of nitrogens with two attached hydrogens (primary N) is 1. The maximum absolute atomic E-state index is 10.0. The van der Waals surface area contributed by atoms with Crippen molar-refractivity contribution in [3.8, 4) is 5.75 Å². The van der Waals surface area contributed by atoms with Crippen LogP contribution in [0.1, 0.15) is 31.9 Å². The van der Waals surface area contributed by atoms with Gasteiger partial charge in [-0.1, -0.05) is 25.4 Å². The van der Waals surface area contributed by atoms with Crippen LogP contribution in [0, 0.1) is 5.92 Å². The fraction of sp³-hybridized carbons (Fsp3) is 0.500. The van der Waals surface area contributed by atoms with Gasteiger partial charge in [-0.2, -0.15) is 0 Å². The number of benzene rings is 1. The predicted molar refractivity (Wildman–Crippen MR) is 66.8 cm³/mol. The molecule has 1 atom stereocenters. The van der Waals surface area contributed by atoms with Crippen LogP contribution >= 0.6 is 11.6 Å². The second-order valence-electron chi connectivity index (χ2n) is 4.26. The van der Waals surface area contributed by atoms with Crippen molar-refractivity contribution in [1.29, 1.82) is 0 Å². The maximum atomic E-state index is 10.0. The minimum Gasteiger partial charge on any atom is -0.495 e. The molecule has 4 heteroatoms. The molecular formula is C12H18ClNO2. The first kappa shape index (κ1) is 13.1. The van der Waals surface area contributed by atoms with Crippen molar-refractivity contribution in [2.24, 2.45) is 5.92 Å². The molecule has 0 fully saturated rings. The minimum absolute atomic E-state index is 0.399. The molecule has 90 valence electrons. The molecule has 1 rings (SSSR count). The average Bonchev–Trinajstić information content (AvgIpc) is 2.16. The number of hydrogen-bond donors (Lipinski definition) is 2. The molecule has 0 amide bonds. The van der Waals surface area contributed by atoms with Crippen LogP contribution in [0.4, 0.5) is 5.69 Å². The number of anilines is 1. The number of aliphatic hydroxyl groups excluding tert-OH is 1. The number of methoxy groups -OCH3 is 1. The van der Waals surface area contributed by atoms with Gasteiger partial charge in [-0.3, -0.25) is 0 Å². The van der Waals surface area contributed by atoms with E-state index in [9.17, 15) is 5.11 Å². The SMILES string of the molecule is COc1cc(C(O)CC(C)C)c(N)cc1Cl. The first-order valence-corrected chi connectivity index (χ1v) is 5.64. The highest BCUT2D eigenvalue weighted by molar-refractivity contribution is 6.32. The number of hydrogen-bond acceptors (Lipinski definition) is 3. The van der Waals surface area contributed by atoms with Crippen molar-refractivity contribution in [2.45, 2.75) is 26.4 Å². The normalized spacial score (nSPS) is 12.9. The number of rotatable bonds is 4. The van der Waals surface area contributed by atoms with Crippen LogP contribution in [0.5, 0.6) is 5.75 Å². The lowest BCUT2D eigenvalue weighted by molar-refractivity contribution is 0.151. The third kappa shape index (κ3) is 3.03. The number of aliphatic hydroxyl groups is 1. The van der Waals surface area contributed by atoms with Crippen molar-refractivity contribution in [1.82, 2.24) is 0 Å². The van der Waals surface area contributed by atoms with E-state index in [0.717, 1.165) is 0 Å². The summed E-state index contributed by atoms with van der Waals surface area (Å²) in [4.78, 5) is 0. The second-order valence-corrected chi connectivity index (χ2v) is 4.67. The van der Waals surface area contributed by atoms with Crippen LogP contribution in [0.2, 0.25) is 5.02 Å². The van der Waals surface area contributed by atoms with Crippen LogP contribution in [-0.4, -0.2) is 12.2 Å². The van der Waals surface area contributed by atoms with Gasteiger partial charge in [0.25, 0.3) is 0 Å². The fourth-order valence-corrected chi connectivity index (χ4v) is 1.85. The third-order valence-electron chi connectivity index (χ3n) is 2.41. The summed E-state index contributed by atoms with van der Waals surface area (Å²) in [6.45, 7) is 4.10. The van der Waals surface area contributed by atoms with E-state index in [2.05, 4.69) is 0 Å². The smallest absolute Gasteiger partial charge is 0.137 e. The van der Waals surface area contributed by atoms with Gasteiger partial charge in [-0.15, -0.1) is 0 Å². The highest BCUT2D eigenvalue weighted by Crippen LogP contribution is 2.34. The summed E-state index contributed by atoms with van der Waals surface area (Å²) in [5.74, 6) is 0.935. The van der Waals surface area contributed by atoms with Crippen molar-refractivity contribution < 1.29 is 9.84 Å². The predicted octanol–water partition coefficient (Wildman–Crippen LogP) is 3.01. The molecule has 3 nitrogen and oxygen atoms in total. The summed E-state index contributed by atoms with van der Waals surface area (Å²) in [6.07, 6.45) is 0.0841. The molecule has 1 aromatic rings. The van der Waals surface area contributed by atoms with Crippen LogP contribution in [0.25, 0.3) is 0 Å². The highest BCUT2D eigenvalue weighted by Gasteiger charge is 2.15. The molecule has 3 N–H and O–H groups in total. The lowest BCUT2D eigenvalue weighted by atomic mass is 9.98. The van der Waals surface area contributed by atoms with E-state index in [1.807, 2.05) is 13.8 Å². The molecule has 1 unspecified atom stereocenters. The van der Waals surface area contributed by atoms with Crippen molar-refractivity contribution >= 4 is 17.3 Å². The van der Waals surface area contributed by atoms with Crippen molar-refractivity contribution in [3.63, 3.8) is 0 Å². The lowest BCUT2D eigenvalue weighted by Crippen LogP contribution is -2.06. The van der Waals surface area contributed by atoms with Gasteiger partial charge in [0.2, 0.25) is 0 Å². The molecule has 0 spiro atoms. The average molecular weight is 244 g/mol. The zero-order valence-electron chi connectivity index (χ0n) is 9.83. The van der Waals surface area contributed by atoms with E-state index in [4.69, 9.17) is 22.1 Å². The highest BCUT2D eigenvalue weighted by atomic mass is 35.5. The largest absolute Gasteiger partial charge is 0.495 e. The summed E-state index contributed by atoms with van der Waals surface area (Å²) in [7, 11) is 1.54. The van der Waals surface area contributed by atoms with Gasteiger partial charge in [-0.25, -0.2) is 0 Å². The van der Waals surface area contributed by atoms with E-state index >= 15 is 0 Å². The zero-order chi connectivity index (χ0) is 12.3. The van der Waals surface area contributed by atoms with E-state index in [1.54, 1.807) is 12.1 Å². The summed E-state index contributed by atoms with van der Waals surface area (Å²) in [5.41, 5.74) is 7.00. The Kier molecular flexibility index (Phi) is 4.44. The lowest BCUT2D eigenvalue weighted by Gasteiger charge is -2.17. The Morgan fingerprint density at radius 3 is 2.56 bits per heavy atom. The van der Waals surface area contributed by atoms with E-state index in [0.29, 0.717) is 34.4 Å². The van der Waals surface area contributed by atoms with Gasteiger partial charge in [0, 0.05) is 11.3 Å². The second kappa shape index (κ2) is 5.41. The third-order valence-corrected chi connectivity index (χ3v) is 2.71. The first-order chi connectivity index (χ1) is 7.45. The first-order valence-electron chi connectivity index (χ1n) is 5.26. The van der Waals surface area contributed by atoms with Crippen LogP contribution in [0.3, 0.4) is 0 Å². The van der Waals surface area contributed by atoms with Crippen LogP contribution in [0.15, 0.2) is 12.1 Å². The number of halogens is 1. The molecule has 0 aliphatic heterocycles. The molecular weight excluding hydrogens is 226 g/mol. The Morgan fingerprint density at radius 2 is 2.06 bits per heavy atom. The molecule has 0 saturated heterocycles. The molecule has 0 aliphatic carbocycles. The zero-order valence-corrected chi connectivity index (χ0v) is 10.6. The van der Waals surface area contributed by atoms with Gasteiger partial charge >= 0.3 is 0 Å². The maximum Gasteiger partial charge on any atom is 0.137 e. The van der Waals surface area contributed by atoms with Crippen molar-refractivity contribution in [3.05, 3.63) is 22.7 Å². The molecule has 0 bridgehead atoms. The van der Waals surface area contributed by atoms with E-state index < -0.39 is 6.10 Å². The number of nitrogen functional groups attached to an aromatic ring is 1. The van der Waals surface area contributed by atoms with Crippen molar-refractivity contribution in [2.75, 3.05) is 12.8 Å². The summed E-state index contributed by atoms with van der Waals surface area (Å²) < 4.78 is 5.10. The van der Waals surface area contributed by atoms with Gasteiger partial charge in [-0.05, 0) is 24.5 Å². The van der Waals surface area contributed by atoms with Gasteiger partial charge in [0.15, 0.2) is 0 Å². The van der Waals surface area contributed by atoms with Crippen LogP contribution in [-0.2, 0) is 0 Å². The van der Waals surface area contributed by atoms with E-state index in [1.165, 1.54) is 7.11 Å². The summed E-state index contributed by atoms with van der Waals surface area (Å²) in [5, 5.41) is 10.5. The molecule has 0 heterocycles. The standard InChI is InChI=1S/C12H18ClNO2/c1-7(2)4-11(15)8-5-12(16-3)9(13)6-10(8)14/h5-7,11,15H,4,14H2,1-3H3. The molecule has 0 aromatic heterocycles. The van der Waals surface area contributed by atoms with Crippen LogP contribution < -0.4 is 10.5 Å². The fourth-order valence-electron chi connectivity index (χ4n) is 1.60. The van der Waals surface area contributed by atoms with Gasteiger partial charge < -0.3 is 15.6 Å². The quantitative estimate of drug-likeness (QED) is 0.800. The molecule has 0 aliphatic rings. The van der Waals surface area contributed by atoms with Gasteiger partial charge in [0.1, 0.15) is 5.75 Å². The molecule has 0 radical (unpaired) electrons. The molecule has 1 aromatic carbocycles. The minimum atomic E-state index is -0.578. The molecule has 16 heavy (non-hydrogen) atoms. The Balaban J connectivity index is 3.03. The Hall–Kier alpha value is -0.930. The Morgan fingerprint density at radius 1 is 1.44 bits per heavy atom. The topological polar surface area (TPSA) is 55.5 Å². The summed E-state index contributed by atoms with van der Waals surface area (Å²) >= 11 is 5.93.